The number of halogens is 2. The van der Waals surface area contributed by atoms with Crippen molar-refractivity contribution >= 4 is 46.6 Å². The van der Waals surface area contributed by atoms with E-state index in [4.69, 9.17) is 23.2 Å². The molecular formula is C18H15Cl2N3O3. The van der Waals surface area contributed by atoms with Gasteiger partial charge in [0.25, 0.3) is 11.8 Å². The molecule has 0 aromatic heterocycles. The van der Waals surface area contributed by atoms with Crippen molar-refractivity contribution in [2.45, 2.75) is 12.8 Å². The van der Waals surface area contributed by atoms with E-state index in [0.29, 0.717) is 23.6 Å². The van der Waals surface area contributed by atoms with Gasteiger partial charge in [0.1, 0.15) is 0 Å². The number of benzene rings is 2. The van der Waals surface area contributed by atoms with E-state index in [1.165, 1.54) is 12.1 Å². The van der Waals surface area contributed by atoms with E-state index >= 15 is 0 Å². The van der Waals surface area contributed by atoms with E-state index in [2.05, 4.69) is 10.9 Å². The van der Waals surface area contributed by atoms with Crippen molar-refractivity contribution in [3.05, 3.63) is 63.6 Å². The topological polar surface area (TPSA) is 78.5 Å². The molecule has 6 nitrogen and oxygen atoms in total. The fourth-order valence-electron chi connectivity index (χ4n) is 2.64. The summed E-state index contributed by atoms with van der Waals surface area (Å²) in [5.41, 5.74) is 5.87. The van der Waals surface area contributed by atoms with E-state index in [1.807, 2.05) is 0 Å². The van der Waals surface area contributed by atoms with Gasteiger partial charge in [-0.05, 0) is 48.9 Å². The second-order valence-electron chi connectivity index (χ2n) is 5.73. The molecule has 2 aromatic rings. The second kappa shape index (κ2) is 7.76. The normalized spacial score (nSPS) is 13.6. The molecule has 134 valence electrons. The van der Waals surface area contributed by atoms with E-state index in [-0.39, 0.29) is 16.5 Å². The highest BCUT2D eigenvalue weighted by molar-refractivity contribution is 6.35. The van der Waals surface area contributed by atoms with Crippen molar-refractivity contribution in [2.75, 3.05) is 11.4 Å². The number of nitrogens with one attached hydrogen (secondary N) is 2. The van der Waals surface area contributed by atoms with Crippen molar-refractivity contribution in [3.63, 3.8) is 0 Å². The number of carbonyl (C=O) groups excluding carboxylic acids is 3. The second-order valence-corrected chi connectivity index (χ2v) is 6.57. The van der Waals surface area contributed by atoms with Gasteiger partial charge < -0.3 is 4.90 Å². The Bertz CT molecular complexity index is 868. The first-order valence-electron chi connectivity index (χ1n) is 7.92. The lowest BCUT2D eigenvalue weighted by molar-refractivity contribution is -0.117. The Morgan fingerprint density at radius 1 is 0.962 bits per heavy atom. The van der Waals surface area contributed by atoms with Gasteiger partial charge in [0, 0.05) is 29.2 Å². The van der Waals surface area contributed by atoms with Gasteiger partial charge in [-0.25, -0.2) is 0 Å². The largest absolute Gasteiger partial charge is 0.312 e. The molecule has 0 atom stereocenters. The molecule has 1 fully saturated rings. The Kier molecular flexibility index (Phi) is 5.44. The van der Waals surface area contributed by atoms with Gasteiger partial charge in [-0.3, -0.25) is 25.2 Å². The molecule has 0 unspecified atom stereocenters. The predicted octanol–water partition coefficient (Wildman–Crippen LogP) is 3.20. The average Bonchev–Trinajstić information content (AvgIpc) is 3.07. The maximum absolute atomic E-state index is 12.2. The van der Waals surface area contributed by atoms with Crippen LogP contribution < -0.4 is 15.8 Å². The lowest BCUT2D eigenvalue weighted by Crippen LogP contribution is -2.41. The van der Waals surface area contributed by atoms with Crippen molar-refractivity contribution in [3.8, 4) is 0 Å². The predicted molar refractivity (Wildman–Crippen MR) is 99.4 cm³/mol. The van der Waals surface area contributed by atoms with Gasteiger partial charge in [-0.1, -0.05) is 23.2 Å². The highest BCUT2D eigenvalue weighted by atomic mass is 35.5. The monoisotopic (exact) mass is 391 g/mol. The van der Waals surface area contributed by atoms with Crippen LogP contribution in [0.2, 0.25) is 10.0 Å². The SMILES string of the molecule is O=C(NNC(=O)c1cc(Cl)ccc1Cl)c1ccc(N2CCCC2=O)cc1. The zero-order chi connectivity index (χ0) is 18.7. The zero-order valence-corrected chi connectivity index (χ0v) is 15.1. The molecule has 1 aliphatic rings. The van der Waals surface area contributed by atoms with Gasteiger partial charge in [0.15, 0.2) is 0 Å². The Morgan fingerprint density at radius 2 is 1.65 bits per heavy atom. The molecule has 1 heterocycles. The summed E-state index contributed by atoms with van der Waals surface area (Å²) in [4.78, 5) is 37.7. The van der Waals surface area contributed by atoms with Crippen LogP contribution in [0.3, 0.4) is 0 Å². The number of nitrogens with zero attached hydrogens (tertiary/aromatic N) is 1. The van der Waals surface area contributed by atoms with Crippen LogP contribution in [0, 0.1) is 0 Å². The summed E-state index contributed by atoms with van der Waals surface area (Å²) in [7, 11) is 0. The lowest BCUT2D eigenvalue weighted by Gasteiger charge is -2.16. The quantitative estimate of drug-likeness (QED) is 0.788. The zero-order valence-electron chi connectivity index (χ0n) is 13.6. The third-order valence-corrected chi connectivity index (χ3v) is 4.54. The molecule has 1 aliphatic heterocycles. The third-order valence-electron chi connectivity index (χ3n) is 3.98. The molecule has 2 N–H and O–H groups in total. The standard InChI is InChI=1S/C18H15Cl2N3O3/c19-12-5-8-15(20)14(10-12)18(26)22-21-17(25)11-3-6-13(7-4-11)23-9-1-2-16(23)24/h3-8,10H,1-2,9H2,(H,21,25)(H,22,26). The number of rotatable bonds is 3. The molecule has 0 spiro atoms. The van der Waals surface area contributed by atoms with Crippen LogP contribution in [0.4, 0.5) is 5.69 Å². The van der Waals surface area contributed by atoms with Crippen LogP contribution in [-0.4, -0.2) is 24.3 Å². The maximum Gasteiger partial charge on any atom is 0.271 e. The number of carbonyl (C=O) groups is 3. The first kappa shape index (κ1) is 18.2. The fourth-order valence-corrected chi connectivity index (χ4v) is 3.01. The van der Waals surface area contributed by atoms with E-state index < -0.39 is 11.8 Å². The summed E-state index contributed by atoms with van der Waals surface area (Å²) in [6, 6.07) is 11.1. The Hall–Kier alpha value is -2.57. The Morgan fingerprint density at radius 3 is 2.31 bits per heavy atom. The highest BCUT2D eigenvalue weighted by Gasteiger charge is 2.21. The number of hydrogen-bond acceptors (Lipinski definition) is 3. The summed E-state index contributed by atoms with van der Waals surface area (Å²) < 4.78 is 0. The first-order valence-corrected chi connectivity index (χ1v) is 8.67. The van der Waals surface area contributed by atoms with Gasteiger partial charge in [-0.2, -0.15) is 0 Å². The van der Waals surface area contributed by atoms with E-state index in [1.54, 1.807) is 35.2 Å². The molecule has 3 rings (SSSR count). The van der Waals surface area contributed by atoms with E-state index in [9.17, 15) is 14.4 Å². The maximum atomic E-state index is 12.2. The summed E-state index contributed by atoms with van der Waals surface area (Å²) in [5.74, 6) is -0.992. The minimum absolute atomic E-state index is 0.0767. The summed E-state index contributed by atoms with van der Waals surface area (Å²) in [5, 5.41) is 0.582. The van der Waals surface area contributed by atoms with Gasteiger partial charge in [0.05, 0.1) is 10.6 Å². The van der Waals surface area contributed by atoms with Crippen molar-refractivity contribution in [2.24, 2.45) is 0 Å². The molecule has 0 aliphatic carbocycles. The Balaban J connectivity index is 1.62. The highest BCUT2D eigenvalue weighted by Crippen LogP contribution is 2.22. The van der Waals surface area contributed by atoms with Crippen molar-refractivity contribution in [1.29, 1.82) is 0 Å². The fraction of sp³-hybridized carbons (Fsp3) is 0.167. The van der Waals surface area contributed by atoms with Gasteiger partial charge in [-0.15, -0.1) is 0 Å². The molecule has 1 saturated heterocycles. The molecule has 26 heavy (non-hydrogen) atoms. The van der Waals surface area contributed by atoms with Crippen LogP contribution in [0.5, 0.6) is 0 Å². The van der Waals surface area contributed by atoms with Crippen LogP contribution in [-0.2, 0) is 4.79 Å². The van der Waals surface area contributed by atoms with Crippen molar-refractivity contribution < 1.29 is 14.4 Å². The number of hydrazine groups is 1. The molecule has 8 heteroatoms. The third kappa shape index (κ3) is 3.98. The minimum Gasteiger partial charge on any atom is -0.312 e. The number of hydrogen-bond donors (Lipinski definition) is 2. The summed E-state index contributed by atoms with van der Waals surface area (Å²) >= 11 is 11.8. The molecule has 3 amide bonds. The number of anilines is 1. The molecular weight excluding hydrogens is 377 g/mol. The van der Waals surface area contributed by atoms with Crippen molar-refractivity contribution in [1.82, 2.24) is 10.9 Å². The van der Waals surface area contributed by atoms with E-state index in [0.717, 1.165) is 12.1 Å². The van der Waals surface area contributed by atoms with Crippen LogP contribution >= 0.6 is 23.2 Å². The number of amides is 3. The van der Waals surface area contributed by atoms with Crippen LogP contribution in [0.25, 0.3) is 0 Å². The molecule has 0 radical (unpaired) electrons. The first-order chi connectivity index (χ1) is 12.5. The minimum atomic E-state index is -0.579. The van der Waals surface area contributed by atoms with Crippen LogP contribution in [0.1, 0.15) is 33.6 Å². The van der Waals surface area contributed by atoms with Crippen LogP contribution in [0.15, 0.2) is 42.5 Å². The molecule has 0 saturated carbocycles. The summed E-state index contributed by atoms with van der Waals surface area (Å²) in [6.45, 7) is 0.681. The lowest BCUT2D eigenvalue weighted by atomic mass is 10.2. The molecule has 0 bridgehead atoms. The summed E-state index contributed by atoms with van der Waals surface area (Å²) in [6.07, 6.45) is 1.37. The van der Waals surface area contributed by atoms with Gasteiger partial charge in [0.2, 0.25) is 5.91 Å². The average molecular weight is 392 g/mol. The smallest absolute Gasteiger partial charge is 0.271 e. The molecule has 2 aromatic carbocycles. The van der Waals surface area contributed by atoms with Gasteiger partial charge >= 0.3 is 0 Å². The Labute approximate surface area is 160 Å².